The Morgan fingerprint density at radius 2 is 2.17 bits per heavy atom. The number of hydrogen-bond acceptors (Lipinski definition) is 5. The van der Waals surface area contributed by atoms with Gasteiger partial charge in [-0.15, -0.1) is 0 Å². The van der Waals surface area contributed by atoms with Crippen LogP contribution in [0.2, 0.25) is 0 Å². The smallest absolute Gasteiger partial charge is 0.240 e. The summed E-state index contributed by atoms with van der Waals surface area (Å²) in [5, 5.41) is 9.46. The van der Waals surface area contributed by atoms with Crippen LogP contribution in [0.25, 0.3) is 0 Å². The first kappa shape index (κ1) is 17.1. The van der Waals surface area contributed by atoms with Crippen molar-refractivity contribution in [1.29, 1.82) is 0 Å². The lowest BCUT2D eigenvalue weighted by atomic mass is 10.1. The van der Waals surface area contributed by atoms with Gasteiger partial charge in [-0.25, -0.2) is 0 Å². The number of allylic oxidation sites excluding steroid dienone is 1. The first-order valence-corrected chi connectivity index (χ1v) is 8.07. The van der Waals surface area contributed by atoms with E-state index in [2.05, 4.69) is 27.7 Å². The second-order valence-corrected chi connectivity index (χ2v) is 6.67. The summed E-state index contributed by atoms with van der Waals surface area (Å²) < 4.78 is 0. The summed E-state index contributed by atoms with van der Waals surface area (Å²) in [4.78, 5) is 24.0. The van der Waals surface area contributed by atoms with Crippen molar-refractivity contribution >= 4 is 34.4 Å². The van der Waals surface area contributed by atoms with E-state index in [1.807, 2.05) is 32.0 Å². The van der Waals surface area contributed by atoms with E-state index in [-0.39, 0.29) is 18.2 Å². The summed E-state index contributed by atoms with van der Waals surface area (Å²) in [5.41, 5.74) is 6.26. The molecule has 1 aromatic carbocycles. The summed E-state index contributed by atoms with van der Waals surface area (Å²) in [6, 6.07) is 5.81. The van der Waals surface area contributed by atoms with Gasteiger partial charge in [0.15, 0.2) is 5.17 Å². The molecule has 1 aromatic rings. The van der Waals surface area contributed by atoms with Gasteiger partial charge < -0.3 is 10.6 Å². The van der Waals surface area contributed by atoms with Crippen molar-refractivity contribution < 1.29 is 9.59 Å². The summed E-state index contributed by atoms with van der Waals surface area (Å²) in [6.45, 7) is 9.36. The van der Waals surface area contributed by atoms with Crippen LogP contribution < -0.4 is 16.1 Å². The summed E-state index contributed by atoms with van der Waals surface area (Å²) in [7, 11) is 0. The third-order valence-electron chi connectivity index (χ3n) is 3.15. The number of nitrogens with zero attached hydrogens (tertiary/aromatic N) is 1. The first-order chi connectivity index (χ1) is 10.8. The van der Waals surface area contributed by atoms with Gasteiger partial charge in [-0.3, -0.25) is 15.0 Å². The van der Waals surface area contributed by atoms with E-state index >= 15 is 0 Å². The minimum Gasteiger partial charge on any atom is -0.326 e. The fourth-order valence-electron chi connectivity index (χ4n) is 2.06. The molecular weight excluding hydrogens is 312 g/mol. The standard InChI is InChI=1S/C16H20N4O2S/c1-9(2)19-20-16-18-15(22)13(23-16)8-14(21)17-12-6-5-10(3)7-11(12)4/h5-7,13,19H,1,8H2,2-4H3,(H,17,21)(H,18,20,22)/t13-/m1/s1. The molecule has 0 radical (unpaired) electrons. The number of aryl methyl sites for hydroxylation is 2. The van der Waals surface area contributed by atoms with E-state index in [0.717, 1.165) is 16.8 Å². The Kier molecular flexibility index (Phi) is 5.44. The number of anilines is 1. The molecule has 0 spiro atoms. The maximum absolute atomic E-state index is 12.1. The number of amidine groups is 1. The van der Waals surface area contributed by atoms with E-state index < -0.39 is 5.25 Å². The monoisotopic (exact) mass is 332 g/mol. The predicted octanol–water partition coefficient (Wildman–Crippen LogP) is 2.26. The number of carbonyl (C=O) groups is 2. The van der Waals surface area contributed by atoms with Crippen LogP contribution in [0.3, 0.4) is 0 Å². The number of nitrogens with one attached hydrogen (secondary N) is 3. The third kappa shape index (κ3) is 4.85. The minimum absolute atomic E-state index is 0.0932. The molecule has 7 heteroatoms. The highest BCUT2D eigenvalue weighted by molar-refractivity contribution is 8.15. The van der Waals surface area contributed by atoms with Crippen molar-refractivity contribution in [3.05, 3.63) is 41.6 Å². The van der Waals surface area contributed by atoms with Crippen LogP contribution in [0.1, 0.15) is 24.5 Å². The van der Waals surface area contributed by atoms with Crippen molar-refractivity contribution in [2.45, 2.75) is 32.4 Å². The quantitative estimate of drug-likeness (QED) is 0.722. The molecule has 1 aliphatic heterocycles. The van der Waals surface area contributed by atoms with Crippen LogP contribution in [0.4, 0.5) is 5.69 Å². The highest BCUT2D eigenvalue weighted by Crippen LogP contribution is 2.23. The zero-order valence-corrected chi connectivity index (χ0v) is 14.2. The third-order valence-corrected chi connectivity index (χ3v) is 4.23. The van der Waals surface area contributed by atoms with Crippen molar-refractivity contribution in [2.75, 3.05) is 5.32 Å². The van der Waals surface area contributed by atoms with Crippen molar-refractivity contribution in [2.24, 2.45) is 5.10 Å². The predicted molar refractivity (Wildman–Crippen MR) is 94.1 cm³/mol. The Morgan fingerprint density at radius 3 is 2.83 bits per heavy atom. The maximum Gasteiger partial charge on any atom is 0.240 e. The fourth-order valence-corrected chi connectivity index (χ4v) is 2.99. The van der Waals surface area contributed by atoms with Gasteiger partial charge in [0, 0.05) is 17.8 Å². The molecule has 0 aliphatic carbocycles. The number of hydrazone groups is 1. The number of hydrogen-bond donors (Lipinski definition) is 3. The molecule has 1 atom stereocenters. The molecule has 6 nitrogen and oxygen atoms in total. The lowest BCUT2D eigenvalue weighted by Gasteiger charge is -2.10. The molecule has 1 saturated heterocycles. The van der Waals surface area contributed by atoms with Crippen LogP contribution in [0.5, 0.6) is 0 Å². The molecule has 1 aliphatic rings. The van der Waals surface area contributed by atoms with Gasteiger partial charge >= 0.3 is 0 Å². The molecule has 0 saturated carbocycles. The largest absolute Gasteiger partial charge is 0.326 e. The Labute approximate surface area is 139 Å². The fraction of sp³-hybridized carbons (Fsp3) is 0.312. The number of rotatable bonds is 5. The average Bonchev–Trinajstić information content (AvgIpc) is 2.80. The molecule has 23 heavy (non-hydrogen) atoms. The van der Waals surface area contributed by atoms with Gasteiger partial charge in [-0.1, -0.05) is 36.0 Å². The minimum atomic E-state index is -0.480. The lowest BCUT2D eigenvalue weighted by molar-refractivity contribution is -0.122. The Morgan fingerprint density at radius 1 is 1.43 bits per heavy atom. The molecule has 1 heterocycles. The topological polar surface area (TPSA) is 82.6 Å². The van der Waals surface area contributed by atoms with Crippen LogP contribution in [-0.2, 0) is 9.59 Å². The number of carbonyl (C=O) groups excluding carboxylic acids is 2. The summed E-state index contributed by atoms with van der Waals surface area (Å²) in [6.07, 6.45) is 0.0932. The Balaban J connectivity index is 1.94. The van der Waals surface area contributed by atoms with Crippen LogP contribution in [0, 0.1) is 13.8 Å². The SMILES string of the molecule is C=C(C)N/N=C1\NC(=O)[C@@H](CC(=O)Nc2ccc(C)cc2C)S1. The normalized spacial score (nSPS) is 18.7. The molecule has 122 valence electrons. The molecule has 0 unspecified atom stereocenters. The molecule has 0 bridgehead atoms. The van der Waals surface area contributed by atoms with Crippen molar-refractivity contribution in [3.63, 3.8) is 0 Å². The van der Waals surface area contributed by atoms with Gasteiger partial charge in [0.25, 0.3) is 0 Å². The molecule has 3 N–H and O–H groups in total. The lowest BCUT2D eigenvalue weighted by Crippen LogP contribution is -2.28. The molecule has 2 amide bonds. The Hall–Kier alpha value is -2.28. The average molecular weight is 332 g/mol. The molecule has 1 fully saturated rings. The number of amides is 2. The number of benzene rings is 1. The second kappa shape index (κ2) is 7.32. The van der Waals surface area contributed by atoms with E-state index in [1.54, 1.807) is 6.92 Å². The van der Waals surface area contributed by atoms with E-state index in [4.69, 9.17) is 0 Å². The van der Waals surface area contributed by atoms with Gasteiger partial charge in [0.05, 0.1) is 0 Å². The molecule has 0 aromatic heterocycles. The zero-order valence-electron chi connectivity index (χ0n) is 13.4. The van der Waals surface area contributed by atoms with Crippen molar-refractivity contribution in [1.82, 2.24) is 10.7 Å². The van der Waals surface area contributed by atoms with E-state index in [1.165, 1.54) is 11.8 Å². The van der Waals surface area contributed by atoms with Crippen LogP contribution in [0.15, 0.2) is 35.6 Å². The van der Waals surface area contributed by atoms with Gasteiger partial charge in [-0.2, -0.15) is 5.10 Å². The van der Waals surface area contributed by atoms with E-state index in [0.29, 0.717) is 10.9 Å². The summed E-state index contributed by atoms with van der Waals surface area (Å²) in [5.74, 6) is -0.410. The van der Waals surface area contributed by atoms with Gasteiger partial charge in [0.2, 0.25) is 11.8 Å². The zero-order chi connectivity index (χ0) is 17.0. The Bertz CT molecular complexity index is 685. The van der Waals surface area contributed by atoms with Crippen molar-refractivity contribution in [3.8, 4) is 0 Å². The van der Waals surface area contributed by atoms with Crippen LogP contribution >= 0.6 is 11.8 Å². The number of thioether (sulfide) groups is 1. The first-order valence-electron chi connectivity index (χ1n) is 7.19. The highest BCUT2D eigenvalue weighted by Gasteiger charge is 2.32. The van der Waals surface area contributed by atoms with Gasteiger partial charge in [-0.05, 0) is 32.4 Å². The summed E-state index contributed by atoms with van der Waals surface area (Å²) >= 11 is 1.23. The van der Waals surface area contributed by atoms with E-state index in [9.17, 15) is 9.59 Å². The highest BCUT2D eigenvalue weighted by atomic mass is 32.2. The van der Waals surface area contributed by atoms with Crippen LogP contribution in [-0.4, -0.2) is 22.2 Å². The molecular formula is C16H20N4O2S. The van der Waals surface area contributed by atoms with Gasteiger partial charge in [0.1, 0.15) is 5.25 Å². The molecule has 2 rings (SSSR count). The maximum atomic E-state index is 12.1. The second-order valence-electron chi connectivity index (χ2n) is 5.48.